The largest absolute Gasteiger partial charge is 0.371 e. The van der Waals surface area contributed by atoms with Crippen molar-refractivity contribution in [2.45, 2.75) is 12.8 Å². The third-order valence-corrected chi connectivity index (χ3v) is 4.43. The summed E-state index contributed by atoms with van der Waals surface area (Å²) < 4.78 is 0. The monoisotopic (exact) mass is 335 g/mol. The Kier molecular flexibility index (Phi) is 5.92. The molecule has 0 saturated heterocycles. The van der Waals surface area contributed by atoms with Gasteiger partial charge < -0.3 is 4.90 Å². The number of hydrogen-bond donors (Lipinski definition) is 0. The highest BCUT2D eigenvalue weighted by atomic mass is 35.5. The first kappa shape index (κ1) is 16.6. The zero-order valence-corrected chi connectivity index (χ0v) is 14.5. The molecule has 0 radical (unpaired) electrons. The molecule has 0 atom stereocenters. The van der Waals surface area contributed by atoms with Crippen LogP contribution in [-0.4, -0.2) is 13.1 Å². The molecule has 0 aliphatic rings. The number of rotatable bonds is 7. The number of benzene rings is 3. The molecule has 0 bridgehead atoms. The number of nitrogens with zero attached hydrogens (tertiary/aromatic N) is 1. The number of halogens is 1. The van der Waals surface area contributed by atoms with Gasteiger partial charge in [-0.25, -0.2) is 0 Å². The van der Waals surface area contributed by atoms with Gasteiger partial charge >= 0.3 is 0 Å². The first-order valence-electron chi connectivity index (χ1n) is 8.39. The molecule has 3 rings (SSSR count). The second kappa shape index (κ2) is 8.56. The minimum absolute atomic E-state index is 0.789. The van der Waals surface area contributed by atoms with Gasteiger partial charge in [-0.1, -0.05) is 78.3 Å². The molecule has 24 heavy (non-hydrogen) atoms. The lowest BCUT2D eigenvalue weighted by Crippen LogP contribution is -2.28. The van der Waals surface area contributed by atoms with Crippen molar-refractivity contribution in [2.24, 2.45) is 0 Å². The van der Waals surface area contributed by atoms with Crippen molar-refractivity contribution in [3.63, 3.8) is 0 Å². The van der Waals surface area contributed by atoms with Crippen molar-refractivity contribution in [1.29, 1.82) is 0 Å². The Morgan fingerprint density at radius 2 is 1.17 bits per heavy atom. The van der Waals surface area contributed by atoms with Gasteiger partial charge in [0.2, 0.25) is 0 Å². The van der Waals surface area contributed by atoms with Crippen LogP contribution in [0, 0.1) is 0 Å². The van der Waals surface area contributed by atoms with Gasteiger partial charge in [0.05, 0.1) is 0 Å². The summed E-state index contributed by atoms with van der Waals surface area (Å²) in [4.78, 5) is 2.42. The molecule has 1 nitrogen and oxygen atoms in total. The Bertz CT molecular complexity index is 697. The van der Waals surface area contributed by atoms with Gasteiger partial charge in [-0.15, -0.1) is 0 Å². The molecule has 0 heterocycles. The smallest absolute Gasteiger partial charge is 0.0426 e. The highest BCUT2D eigenvalue weighted by Gasteiger charge is 2.08. The van der Waals surface area contributed by atoms with Crippen LogP contribution < -0.4 is 4.90 Å². The second-order valence-corrected chi connectivity index (χ2v) is 6.37. The zero-order valence-electron chi connectivity index (χ0n) is 13.7. The average molecular weight is 336 g/mol. The van der Waals surface area contributed by atoms with E-state index in [1.54, 1.807) is 0 Å². The zero-order chi connectivity index (χ0) is 16.6. The van der Waals surface area contributed by atoms with Gasteiger partial charge in [0.25, 0.3) is 0 Å². The van der Waals surface area contributed by atoms with Crippen molar-refractivity contribution >= 4 is 17.3 Å². The lowest BCUT2D eigenvalue weighted by Gasteiger charge is -2.25. The molecular formula is C22H22ClN. The first-order valence-corrected chi connectivity index (χ1v) is 8.77. The molecule has 3 aromatic rings. The average Bonchev–Trinajstić information content (AvgIpc) is 2.63. The van der Waals surface area contributed by atoms with E-state index in [9.17, 15) is 0 Å². The highest BCUT2D eigenvalue weighted by molar-refractivity contribution is 6.30. The molecule has 3 aromatic carbocycles. The Labute approximate surface area is 149 Å². The minimum Gasteiger partial charge on any atom is -0.371 e. The van der Waals surface area contributed by atoms with E-state index in [1.165, 1.54) is 16.8 Å². The summed E-state index contributed by atoms with van der Waals surface area (Å²) in [7, 11) is 0. The van der Waals surface area contributed by atoms with E-state index in [-0.39, 0.29) is 0 Å². The van der Waals surface area contributed by atoms with E-state index in [0.717, 1.165) is 31.0 Å². The molecule has 0 amide bonds. The second-order valence-electron chi connectivity index (χ2n) is 5.94. The third kappa shape index (κ3) is 4.87. The van der Waals surface area contributed by atoms with Crippen LogP contribution in [0.15, 0.2) is 84.9 Å². The van der Waals surface area contributed by atoms with Crippen molar-refractivity contribution in [1.82, 2.24) is 0 Å². The molecular weight excluding hydrogens is 314 g/mol. The number of anilines is 1. The van der Waals surface area contributed by atoms with Crippen LogP contribution >= 0.6 is 11.6 Å². The van der Waals surface area contributed by atoms with E-state index < -0.39 is 0 Å². The predicted octanol–water partition coefficient (Wildman–Crippen LogP) is 5.63. The fraction of sp³-hybridized carbons (Fsp3) is 0.182. The fourth-order valence-electron chi connectivity index (χ4n) is 2.86. The molecule has 0 N–H and O–H groups in total. The molecule has 0 aromatic heterocycles. The van der Waals surface area contributed by atoms with Crippen molar-refractivity contribution in [2.75, 3.05) is 18.0 Å². The lowest BCUT2D eigenvalue weighted by atomic mass is 10.1. The van der Waals surface area contributed by atoms with Gasteiger partial charge in [0.15, 0.2) is 0 Å². The third-order valence-electron chi connectivity index (χ3n) is 4.20. The van der Waals surface area contributed by atoms with Crippen LogP contribution in [0.1, 0.15) is 11.1 Å². The van der Waals surface area contributed by atoms with Gasteiger partial charge in [0.1, 0.15) is 0 Å². The maximum Gasteiger partial charge on any atom is 0.0426 e. The molecule has 0 aliphatic heterocycles. The fourth-order valence-corrected chi connectivity index (χ4v) is 3.04. The van der Waals surface area contributed by atoms with Crippen molar-refractivity contribution < 1.29 is 0 Å². The van der Waals surface area contributed by atoms with Crippen LogP contribution in [0.5, 0.6) is 0 Å². The first-order chi connectivity index (χ1) is 11.8. The maximum atomic E-state index is 6.20. The molecule has 0 saturated carbocycles. The Balaban J connectivity index is 1.70. The van der Waals surface area contributed by atoms with E-state index in [2.05, 4.69) is 77.7 Å². The molecule has 122 valence electrons. The summed E-state index contributed by atoms with van der Waals surface area (Å²) >= 11 is 6.20. The van der Waals surface area contributed by atoms with E-state index in [0.29, 0.717) is 0 Å². The highest BCUT2D eigenvalue weighted by Crippen LogP contribution is 2.20. The Hall–Kier alpha value is -2.25. The molecule has 0 unspecified atom stereocenters. The van der Waals surface area contributed by atoms with Gasteiger partial charge in [-0.3, -0.25) is 0 Å². The molecule has 0 spiro atoms. The molecule has 0 fully saturated rings. The SMILES string of the molecule is Clc1cccc(N(CCc2ccccc2)CCc2ccccc2)c1. The topological polar surface area (TPSA) is 3.24 Å². The van der Waals surface area contributed by atoms with E-state index in [4.69, 9.17) is 11.6 Å². The molecule has 2 heteroatoms. The van der Waals surface area contributed by atoms with Crippen LogP contribution in [0.3, 0.4) is 0 Å². The van der Waals surface area contributed by atoms with E-state index in [1.807, 2.05) is 12.1 Å². The van der Waals surface area contributed by atoms with Gasteiger partial charge in [-0.2, -0.15) is 0 Å². The minimum atomic E-state index is 0.789. The predicted molar refractivity (Wildman–Crippen MR) is 104 cm³/mol. The maximum absolute atomic E-state index is 6.20. The summed E-state index contributed by atoms with van der Waals surface area (Å²) in [5.74, 6) is 0. The Morgan fingerprint density at radius 1 is 0.625 bits per heavy atom. The summed E-state index contributed by atoms with van der Waals surface area (Å²) in [6.45, 7) is 1.97. The quantitative estimate of drug-likeness (QED) is 0.540. The standard InChI is InChI=1S/C22H22ClN/c23-21-12-7-13-22(18-21)24(16-14-19-8-3-1-4-9-19)17-15-20-10-5-2-6-11-20/h1-13,18H,14-17H2. The van der Waals surface area contributed by atoms with Gasteiger partial charge in [0, 0.05) is 23.8 Å². The summed E-state index contributed by atoms with van der Waals surface area (Å²) in [6, 6.07) is 29.4. The van der Waals surface area contributed by atoms with Crippen LogP contribution in [0.2, 0.25) is 5.02 Å². The Morgan fingerprint density at radius 3 is 1.67 bits per heavy atom. The number of hydrogen-bond acceptors (Lipinski definition) is 1. The van der Waals surface area contributed by atoms with Crippen molar-refractivity contribution in [3.8, 4) is 0 Å². The van der Waals surface area contributed by atoms with Crippen LogP contribution in [0.25, 0.3) is 0 Å². The van der Waals surface area contributed by atoms with Crippen molar-refractivity contribution in [3.05, 3.63) is 101 Å². The lowest BCUT2D eigenvalue weighted by molar-refractivity contribution is 0.769. The van der Waals surface area contributed by atoms with Gasteiger partial charge in [-0.05, 0) is 42.2 Å². The normalized spacial score (nSPS) is 10.5. The van der Waals surface area contributed by atoms with Crippen LogP contribution in [0.4, 0.5) is 5.69 Å². The van der Waals surface area contributed by atoms with Crippen LogP contribution in [-0.2, 0) is 12.8 Å². The summed E-state index contributed by atoms with van der Waals surface area (Å²) in [5, 5.41) is 0.789. The summed E-state index contributed by atoms with van der Waals surface area (Å²) in [6.07, 6.45) is 2.06. The molecule has 0 aliphatic carbocycles. The van der Waals surface area contributed by atoms with E-state index >= 15 is 0 Å². The summed E-state index contributed by atoms with van der Waals surface area (Å²) in [5.41, 5.74) is 3.92.